The van der Waals surface area contributed by atoms with Crippen LogP contribution in [0.15, 0.2) is 24.3 Å². The van der Waals surface area contributed by atoms with E-state index in [1.165, 1.54) is 139 Å². The molecule has 3 aromatic carbocycles. The van der Waals surface area contributed by atoms with Gasteiger partial charge >= 0.3 is 11.9 Å². The fraction of sp³-hybridized carbons (Fsp3) is 0.609. The molecule has 0 bridgehead atoms. The Hall–Kier alpha value is -3.14. The Morgan fingerprint density at radius 3 is 1.02 bits per heavy atom. The third-order valence-electron chi connectivity index (χ3n) is 13.9. The van der Waals surface area contributed by atoms with Gasteiger partial charge in [0.05, 0.1) is 25.3 Å². The van der Waals surface area contributed by atoms with Crippen LogP contribution in [0, 0.1) is 0 Å². The van der Waals surface area contributed by atoms with Crippen molar-refractivity contribution in [2.75, 3.05) is 14.2 Å². The topological polar surface area (TPSA) is 52.6 Å². The fourth-order valence-corrected chi connectivity index (χ4v) is 11.7. The van der Waals surface area contributed by atoms with Crippen LogP contribution in [0.4, 0.5) is 0 Å². The van der Waals surface area contributed by atoms with Crippen LogP contribution in [0.3, 0.4) is 0 Å². The minimum absolute atomic E-state index is 0.258. The number of rotatable bonds is 6. The monoisotopic (exact) mass is 674 g/mol. The Bertz CT molecular complexity index is 1610. The number of hydrogen-bond donors (Lipinski definition) is 0. The maximum Gasteiger partial charge on any atom is 0.339 e. The van der Waals surface area contributed by atoms with Crippen LogP contribution in [0.1, 0.15) is 217 Å². The average Bonchev–Trinajstić information content (AvgIpc) is 3.19. The van der Waals surface area contributed by atoms with Gasteiger partial charge in [-0.2, -0.15) is 0 Å². The van der Waals surface area contributed by atoms with E-state index in [2.05, 4.69) is 24.3 Å². The molecule has 0 heterocycles. The summed E-state index contributed by atoms with van der Waals surface area (Å²) in [4.78, 5) is 28.4. The van der Waals surface area contributed by atoms with E-state index in [0.29, 0.717) is 23.0 Å². The van der Waals surface area contributed by atoms with Crippen LogP contribution in [-0.4, -0.2) is 26.2 Å². The van der Waals surface area contributed by atoms with E-state index < -0.39 is 0 Å². The zero-order chi connectivity index (χ0) is 34.2. The number of carbonyl (C=O) groups is 2. The summed E-state index contributed by atoms with van der Waals surface area (Å²) < 4.78 is 11.3. The van der Waals surface area contributed by atoms with Crippen molar-refractivity contribution in [2.45, 2.75) is 165 Å². The second-order valence-corrected chi connectivity index (χ2v) is 16.5. The van der Waals surface area contributed by atoms with Crippen molar-refractivity contribution in [3.63, 3.8) is 0 Å². The van der Waals surface area contributed by atoms with E-state index in [4.69, 9.17) is 9.47 Å². The molecular formula is C46H58O4. The van der Waals surface area contributed by atoms with E-state index >= 15 is 0 Å². The Balaban J connectivity index is 1.47. The van der Waals surface area contributed by atoms with E-state index in [-0.39, 0.29) is 23.8 Å². The summed E-state index contributed by atoms with van der Waals surface area (Å²) in [5.74, 6) is 0.960. The first kappa shape index (κ1) is 34.0. The van der Waals surface area contributed by atoms with Gasteiger partial charge in [-0.25, -0.2) is 9.59 Å². The molecule has 4 saturated carbocycles. The first-order valence-electron chi connectivity index (χ1n) is 20.5. The third kappa shape index (κ3) is 6.01. The number of esters is 2. The lowest BCUT2D eigenvalue weighted by Gasteiger charge is -2.39. The Morgan fingerprint density at radius 1 is 0.440 bits per heavy atom. The molecule has 5 aliphatic rings. The summed E-state index contributed by atoms with van der Waals surface area (Å²) >= 11 is 0. The molecule has 0 aliphatic heterocycles. The van der Waals surface area contributed by atoms with E-state index in [9.17, 15) is 9.59 Å². The summed E-state index contributed by atoms with van der Waals surface area (Å²) in [5, 5.41) is 2.99. The Kier molecular flexibility index (Phi) is 10.1. The Morgan fingerprint density at radius 2 is 0.720 bits per heavy atom. The summed E-state index contributed by atoms with van der Waals surface area (Å²) in [6, 6.07) is 9.43. The minimum Gasteiger partial charge on any atom is -0.465 e. The minimum atomic E-state index is -0.356. The molecule has 0 atom stereocenters. The van der Waals surface area contributed by atoms with Gasteiger partial charge in [-0.1, -0.05) is 101 Å². The molecule has 0 saturated heterocycles. The quantitative estimate of drug-likeness (QED) is 0.191. The summed E-state index contributed by atoms with van der Waals surface area (Å²) in [7, 11) is 2.99. The van der Waals surface area contributed by atoms with E-state index in [1.807, 2.05) is 0 Å². The van der Waals surface area contributed by atoms with Gasteiger partial charge in [-0.05, 0) is 143 Å². The molecule has 0 N–H and O–H groups in total. The molecule has 0 amide bonds. The zero-order valence-corrected chi connectivity index (χ0v) is 30.8. The van der Waals surface area contributed by atoms with Crippen LogP contribution in [0.2, 0.25) is 0 Å². The average molecular weight is 675 g/mol. The lowest BCUT2D eigenvalue weighted by molar-refractivity contribution is 0.0551. The van der Waals surface area contributed by atoms with Crippen molar-refractivity contribution in [1.29, 1.82) is 0 Å². The molecule has 3 aromatic rings. The van der Waals surface area contributed by atoms with Crippen LogP contribution in [0.5, 0.6) is 0 Å². The maximum atomic E-state index is 14.2. The van der Waals surface area contributed by atoms with Gasteiger partial charge in [0.15, 0.2) is 0 Å². The highest BCUT2D eigenvalue weighted by Gasteiger charge is 2.41. The van der Waals surface area contributed by atoms with Crippen LogP contribution in [0.25, 0.3) is 10.8 Å². The van der Waals surface area contributed by atoms with Gasteiger partial charge in [0.25, 0.3) is 0 Å². The molecule has 4 fully saturated rings. The number of fused-ring (bicyclic) bond motifs is 3. The Labute approximate surface area is 300 Å². The molecule has 4 heteroatoms. The molecule has 5 aliphatic carbocycles. The third-order valence-corrected chi connectivity index (χ3v) is 13.9. The smallest absolute Gasteiger partial charge is 0.339 e. The predicted octanol–water partition coefficient (Wildman–Crippen LogP) is 12.1. The lowest BCUT2D eigenvalue weighted by Crippen LogP contribution is -2.29. The molecule has 0 unspecified atom stereocenters. The standard InChI is InChI=1S/C46H58O4/c1-49-45(47)43-41(31-21-11-5-12-22-31)37-27-35-36(28-38(37)42(44(43)46(48)50-2)32-23-13-6-14-24-32)40(30-19-9-4-10-20-30)34-26-16-15-25-33(34)39(35)29-17-7-3-8-18-29/h15-16,25-26,29-32H,3-14,17-24,27-28H2,1-2H3. The summed E-state index contributed by atoms with van der Waals surface area (Å²) in [5.41, 5.74) is 12.5. The first-order valence-corrected chi connectivity index (χ1v) is 20.5. The molecule has 0 spiro atoms. The number of benzene rings is 3. The van der Waals surface area contributed by atoms with Crippen molar-refractivity contribution in [3.8, 4) is 0 Å². The van der Waals surface area contributed by atoms with Gasteiger partial charge in [0, 0.05) is 0 Å². The van der Waals surface area contributed by atoms with Gasteiger partial charge < -0.3 is 9.47 Å². The molecule has 0 radical (unpaired) electrons. The van der Waals surface area contributed by atoms with Crippen LogP contribution in [-0.2, 0) is 22.3 Å². The summed E-state index contributed by atoms with van der Waals surface area (Å²) in [6.07, 6.45) is 26.1. The molecule has 4 nitrogen and oxygen atoms in total. The second kappa shape index (κ2) is 14.8. The van der Waals surface area contributed by atoms with Crippen molar-refractivity contribution in [1.82, 2.24) is 0 Å². The van der Waals surface area contributed by atoms with Crippen molar-refractivity contribution >= 4 is 22.7 Å². The number of ether oxygens (including phenoxy) is 2. The van der Waals surface area contributed by atoms with Crippen molar-refractivity contribution in [3.05, 3.63) is 79.9 Å². The predicted molar refractivity (Wildman–Crippen MR) is 202 cm³/mol. The summed E-state index contributed by atoms with van der Waals surface area (Å²) in [6.45, 7) is 0. The lowest BCUT2D eigenvalue weighted by atomic mass is 9.65. The van der Waals surface area contributed by atoms with Crippen molar-refractivity contribution < 1.29 is 19.1 Å². The highest BCUT2D eigenvalue weighted by Crippen LogP contribution is 2.53. The number of hydrogen-bond acceptors (Lipinski definition) is 4. The molecule has 8 rings (SSSR count). The maximum absolute atomic E-state index is 14.2. The SMILES string of the molecule is COC(=O)c1c(C(=O)OC)c(C2CCCCC2)c2c(c1C1CCCCC1)Cc1c(c(C3CCCCC3)c3ccccc3c1C1CCCCC1)C2. The highest BCUT2D eigenvalue weighted by atomic mass is 16.5. The van der Waals surface area contributed by atoms with Crippen molar-refractivity contribution in [2.24, 2.45) is 0 Å². The molecule has 0 aromatic heterocycles. The van der Waals surface area contributed by atoms with Crippen LogP contribution >= 0.6 is 0 Å². The van der Waals surface area contributed by atoms with Gasteiger partial charge in [-0.15, -0.1) is 0 Å². The first-order chi connectivity index (χ1) is 24.6. The van der Waals surface area contributed by atoms with Gasteiger partial charge in [0.2, 0.25) is 0 Å². The second-order valence-electron chi connectivity index (χ2n) is 16.5. The van der Waals surface area contributed by atoms with Crippen LogP contribution < -0.4 is 0 Å². The normalized spacial score (nSPS) is 21.1. The van der Waals surface area contributed by atoms with Gasteiger partial charge in [0.1, 0.15) is 0 Å². The van der Waals surface area contributed by atoms with E-state index in [1.54, 1.807) is 22.3 Å². The zero-order valence-electron chi connectivity index (χ0n) is 30.8. The van der Waals surface area contributed by atoms with Gasteiger partial charge in [-0.3, -0.25) is 0 Å². The largest absolute Gasteiger partial charge is 0.465 e. The number of carbonyl (C=O) groups excluding carboxylic acids is 2. The molecule has 50 heavy (non-hydrogen) atoms. The number of methoxy groups -OCH3 is 2. The molecular weight excluding hydrogens is 617 g/mol. The molecule has 266 valence electrons. The fourth-order valence-electron chi connectivity index (χ4n) is 11.7. The highest BCUT2D eigenvalue weighted by molar-refractivity contribution is 6.06. The van der Waals surface area contributed by atoms with E-state index in [0.717, 1.165) is 49.7 Å².